The van der Waals surface area contributed by atoms with Crippen molar-refractivity contribution in [1.29, 1.82) is 0 Å². The molecule has 0 aliphatic rings. The summed E-state index contributed by atoms with van der Waals surface area (Å²) < 4.78 is 6.31. The van der Waals surface area contributed by atoms with Crippen LogP contribution in [0.1, 0.15) is 52.7 Å². The molecule has 0 fully saturated rings. The number of carbonyl (C=O) groups is 2. The number of rotatable bonds is 9. The van der Waals surface area contributed by atoms with E-state index >= 15 is 0 Å². The third kappa shape index (κ3) is 6.06. The fourth-order valence-electron chi connectivity index (χ4n) is 3.15. The van der Waals surface area contributed by atoms with E-state index in [4.69, 9.17) is 4.74 Å². The van der Waals surface area contributed by atoms with Gasteiger partial charge in [-0.1, -0.05) is 20.8 Å². The van der Waals surface area contributed by atoms with Crippen LogP contribution in [0.4, 0.5) is 5.69 Å². The standard InChI is InChI=1S/C22H36N2O3/c1-9-24(10-2,11-3)14-20(25)23-21-16(6)12-19(13-17(21)7)27-22(26)18(8)15(4)5/h12-13,15,18H,9-11,14H2,1-8H3/p+1. The number of quaternary nitrogens is 1. The number of nitrogens with one attached hydrogen (secondary N) is 1. The molecule has 5 heteroatoms. The fraction of sp³-hybridized carbons (Fsp3) is 0.636. The van der Waals surface area contributed by atoms with E-state index in [1.165, 1.54) is 0 Å². The van der Waals surface area contributed by atoms with Crippen LogP contribution in [0.5, 0.6) is 5.75 Å². The van der Waals surface area contributed by atoms with Crippen LogP contribution >= 0.6 is 0 Å². The van der Waals surface area contributed by atoms with Crippen molar-refractivity contribution < 1.29 is 18.8 Å². The number of carbonyl (C=O) groups excluding carboxylic acids is 2. The molecule has 152 valence electrons. The molecule has 1 unspecified atom stereocenters. The van der Waals surface area contributed by atoms with Gasteiger partial charge in [-0.3, -0.25) is 9.59 Å². The van der Waals surface area contributed by atoms with Crippen molar-refractivity contribution in [2.24, 2.45) is 11.8 Å². The van der Waals surface area contributed by atoms with E-state index in [1.54, 1.807) is 0 Å². The third-order valence-corrected chi connectivity index (χ3v) is 5.85. The van der Waals surface area contributed by atoms with Crippen LogP contribution in [0, 0.1) is 25.7 Å². The lowest BCUT2D eigenvalue weighted by molar-refractivity contribution is -0.915. The molecule has 1 aromatic rings. The molecule has 0 aromatic heterocycles. The third-order valence-electron chi connectivity index (χ3n) is 5.85. The van der Waals surface area contributed by atoms with Gasteiger partial charge < -0.3 is 14.5 Å². The molecule has 0 radical (unpaired) electrons. The first-order valence-corrected chi connectivity index (χ1v) is 10.1. The second kappa shape index (κ2) is 9.88. The van der Waals surface area contributed by atoms with Gasteiger partial charge in [0.15, 0.2) is 6.54 Å². The van der Waals surface area contributed by atoms with Crippen LogP contribution in [0.3, 0.4) is 0 Å². The van der Waals surface area contributed by atoms with Gasteiger partial charge in [-0.15, -0.1) is 0 Å². The zero-order valence-electron chi connectivity index (χ0n) is 18.3. The summed E-state index contributed by atoms with van der Waals surface area (Å²) in [6, 6.07) is 3.63. The maximum absolute atomic E-state index is 12.6. The van der Waals surface area contributed by atoms with Crippen molar-refractivity contribution in [2.45, 2.75) is 55.4 Å². The van der Waals surface area contributed by atoms with Gasteiger partial charge in [-0.05, 0) is 63.8 Å². The normalized spacial score (nSPS) is 12.8. The van der Waals surface area contributed by atoms with Gasteiger partial charge in [0.25, 0.3) is 5.91 Å². The number of esters is 1. The van der Waals surface area contributed by atoms with E-state index in [2.05, 4.69) is 26.1 Å². The van der Waals surface area contributed by atoms with Gasteiger partial charge in [0, 0.05) is 5.69 Å². The molecule has 0 heterocycles. The molecule has 0 saturated heterocycles. The lowest BCUT2D eigenvalue weighted by Gasteiger charge is -2.35. The van der Waals surface area contributed by atoms with Crippen LogP contribution in [0.15, 0.2) is 12.1 Å². The quantitative estimate of drug-likeness (QED) is 0.396. The van der Waals surface area contributed by atoms with Crippen LogP contribution in [-0.4, -0.2) is 42.5 Å². The predicted octanol–water partition coefficient (Wildman–Crippen LogP) is 4.32. The highest BCUT2D eigenvalue weighted by molar-refractivity contribution is 5.93. The summed E-state index contributed by atoms with van der Waals surface area (Å²) in [4.78, 5) is 24.8. The number of anilines is 1. The lowest BCUT2D eigenvalue weighted by Crippen LogP contribution is -2.52. The molecular formula is C22H37N2O3+. The van der Waals surface area contributed by atoms with Gasteiger partial charge in [-0.2, -0.15) is 0 Å². The molecular weight excluding hydrogens is 340 g/mol. The van der Waals surface area contributed by atoms with Crippen molar-refractivity contribution in [1.82, 2.24) is 0 Å². The zero-order chi connectivity index (χ0) is 20.8. The smallest absolute Gasteiger partial charge is 0.314 e. The maximum Gasteiger partial charge on any atom is 0.314 e. The topological polar surface area (TPSA) is 55.4 Å². The van der Waals surface area contributed by atoms with Crippen molar-refractivity contribution in [2.75, 3.05) is 31.5 Å². The number of nitrogens with zero attached hydrogens (tertiary/aromatic N) is 1. The Labute approximate surface area is 164 Å². The number of aryl methyl sites for hydroxylation is 2. The van der Waals surface area contributed by atoms with Crippen molar-refractivity contribution in [3.63, 3.8) is 0 Å². The van der Waals surface area contributed by atoms with Gasteiger partial charge in [-0.25, -0.2) is 0 Å². The van der Waals surface area contributed by atoms with Gasteiger partial charge >= 0.3 is 5.97 Å². The summed E-state index contributed by atoms with van der Waals surface area (Å²) in [5.41, 5.74) is 2.59. The predicted molar refractivity (Wildman–Crippen MR) is 111 cm³/mol. The van der Waals surface area contributed by atoms with Gasteiger partial charge in [0.2, 0.25) is 0 Å². The first kappa shape index (κ1) is 23.2. The number of likely N-dealkylation sites (N-methyl/N-ethyl adjacent to an activating group) is 1. The van der Waals surface area contributed by atoms with Crippen molar-refractivity contribution in [3.05, 3.63) is 23.3 Å². The highest BCUT2D eigenvalue weighted by atomic mass is 16.5. The van der Waals surface area contributed by atoms with Crippen LogP contribution in [0.25, 0.3) is 0 Å². The average molecular weight is 378 g/mol. The Bertz CT molecular complexity index is 632. The molecule has 0 aliphatic heterocycles. The van der Waals surface area contributed by atoms with Crippen LogP contribution < -0.4 is 10.1 Å². The minimum Gasteiger partial charge on any atom is -0.426 e. The summed E-state index contributed by atoms with van der Waals surface area (Å²) in [5.74, 6) is 0.392. The maximum atomic E-state index is 12.6. The molecule has 0 bridgehead atoms. The number of hydrogen-bond donors (Lipinski definition) is 1. The van der Waals surface area contributed by atoms with E-state index in [0.717, 1.165) is 40.9 Å². The molecule has 27 heavy (non-hydrogen) atoms. The highest BCUT2D eigenvalue weighted by Crippen LogP contribution is 2.27. The Morgan fingerprint density at radius 3 is 1.89 bits per heavy atom. The van der Waals surface area contributed by atoms with E-state index in [0.29, 0.717) is 12.3 Å². The van der Waals surface area contributed by atoms with E-state index in [1.807, 2.05) is 46.8 Å². The Morgan fingerprint density at radius 2 is 1.48 bits per heavy atom. The molecule has 0 aliphatic carbocycles. The molecule has 1 aromatic carbocycles. The number of ether oxygens (including phenoxy) is 1. The number of hydrogen-bond acceptors (Lipinski definition) is 3. The van der Waals surface area contributed by atoms with Crippen LogP contribution in [0.2, 0.25) is 0 Å². The molecule has 1 atom stereocenters. The minimum absolute atomic E-state index is 0.0184. The second-order valence-electron chi connectivity index (χ2n) is 7.88. The van der Waals surface area contributed by atoms with E-state index in [-0.39, 0.29) is 23.7 Å². The van der Waals surface area contributed by atoms with Crippen molar-refractivity contribution >= 4 is 17.6 Å². The van der Waals surface area contributed by atoms with Crippen molar-refractivity contribution in [3.8, 4) is 5.75 Å². The first-order valence-electron chi connectivity index (χ1n) is 10.1. The Kier molecular flexibility index (Phi) is 8.48. The SMILES string of the molecule is CC[N+](CC)(CC)CC(=O)Nc1c(C)cc(OC(=O)C(C)C(C)C)cc1C. The molecule has 1 rings (SSSR count). The van der Waals surface area contributed by atoms with Gasteiger partial charge in [0.1, 0.15) is 5.75 Å². The van der Waals surface area contributed by atoms with Crippen LogP contribution in [-0.2, 0) is 9.59 Å². The first-order chi connectivity index (χ1) is 12.6. The zero-order valence-corrected chi connectivity index (χ0v) is 18.3. The number of benzene rings is 1. The Balaban J connectivity index is 2.93. The van der Waals surface area contributed by atoms with Gasteiger partial charge in [0.05, 0.1) is 25.6 Å². The summed E-state index contributed by atoms with van der Waals surface area (Å²) in [7, 11) is 0. The van der Waals surface area contributed by atoms with E-state index in [9.17, 15) is 9.59 Å². The molecule has 0 saturated carbocycles. The van der Waals surface area contributed by atoms with E-state index < -0.39 is 0 Å². The lowest BCUT2D eigenvalue weighted by atomic mass is 9.98. The largest absolute Gasteiger partial charge is 0.426 e. The summed E-state index contributed by atoms with van der Waals surface area (Å²) >= 11 is 0. The molecule has 1 N–H and O–H groups in total. The summed E-state index contributed by atoms with van der Waals surface area (Å²) in [6.07, 6.45) is 0. The molecule has 0 spiro atoms. The minimum atomic E-state index is -0.225. The molecule has 1 amide bonds. The summed E-state index contributed by atoms with van der Waals surface area (Å²) in [5, 5.41) is 3.06. The molecule has 5 nitrogen and oxygen atoms in total. The Morgan fingerprint density at radius 1 is 1.00 bits per heavy atom. The monoisotopic (exact) mass is 377 g/mol. The Hall–Kier alpha value is -1.88. The number of amides is 1. The fourth-order valence-corrected chi connectivity index (χ4v) is 3.15. The highest BCUT2D eigenvalue weighted by Gasteiger charge is 2.25. The summed E-state index contributed by atoms with van der Waals surface area (Å²) in [6.45, 7) is 19.4. The second-order valence-corrected chi connectivity index (χ2v) is 7.88. The average Bonchev–Trinajstić information content (AvgIpc) is 2.62.